The van der Waals surface area contributed by atoms with Crippen molar-refractivity contribution in [1.82, 2.24) is 14.8 Å². The Morgan fingerprint density at radius 1 is 1.31 bits per heavy atom. The maximum Gasteiger partial charge on any atom is 0.181 e. The predicted molar refractivity (Wildman–Crippen MR) is 64.9 cm³/mol. The van der Waals surface area contributed by atoms with Gasteiger partial charge >= 0.3 is 0 Å². The molecular formula is C12H16N4. The minimum atomic E-state index is 0.368. The molecule has 0 aliphatic carbocycles. The number of hydrogen-bond donors (Lipinski definition) is 1. The van der Waals surface area contributed by atoms with Gasteiger partial charge in [-0.15, -0.1) is 0 Å². The SMILES string of the molecule is CC(C)c1nc(-c2cccc(N)c2)nn1C. The standard InChI is InChI=1S/C12H16N4/c1-8(2)12-14-11(15-16(12)3)9-5-4-6-10(13)7-9/h4-8H,13H2,1-3H3. The van der Waals surface area contributed by atoms with E-state index in [1.807, 2.05) is 36.0 Å². The molecule has 0 saturated heterocycles. The van der Waals surface area contributed by atoms with E-state index in [1.165, 1.54) is 0 Å². The molecule has 0 saturated carbocycles. The number of hydrogen-bond acceptors (Lipinski definition) is 3. The first-order chi connectivity index (χ1) is 7.58. The van der Waals surface area contributed by atoms with Gasteiger partial charge in [-0.1, -0.05) is 26.0 Å². The smallest absolute Gasteiger partial charge is 0.181 e. The molecule has 1 aromatic heterocycles. The zero-order valence-electron chi connectivity index (χ0n) is 9.81. The largest absolute Gasteiger partial charge is 0.399 e. The van der Waals surface area contributed by atoms with Crippen LogP contribution >= 0.6 is 0 Å². The van der Waals surface area contributed by atoms with Crippen molar-refractivity contribution in [1.29, 1.82) is 0 Å². The number of nitrogens with zero attached hydrogens (tertiary/aromatic N) is 3. The molecule has 4 nitrogen and oxygen atoms in total. The van der Waals surface area contributed by atoms with Crippen LogP contribution in [0.5, 0.6) is 0 Å². The number of benzene rings is 1. The lowest BCUT2D eigenvalue weighted by Gasteiger charge is -2.00. The molecule has 0 aliphatic heterocycles. The van der Waals surface area contributed by atoms with Crippen LogP contribution in [0, 0.1) is 0 Å². The fourth-order valence-corrected chi connectivity index (χ4v) is 1.70. The van der Waals surface area contributed by atoms with E-state index in [9.17, 15) is 0 Å². The van der Waals surface area contributed by atoms with E-state index >= 15 is 0 Å². The van der Waals surface area contributed by atoms with Crippen molar-refractivity contribution in [3.05, 3.63) is 30.1 Å². The van der Waals surface area contributed by atoms with Gasteiger partial charge in [-0.2, -0.15) is 5.10 Å². The summed E-state index contributed by atoms with van der Waals surface area (Å²) in [4.78, 5) is 4.52. The Hall–Kier alpha value is -1.84. The molecule has 0 bridgehead atoms. The van der Waals surface area contributed by atoms with Crippen molar-refractivity contribution >= 4 is 5.69 Å². The number of nitrogens with two attached hydrogens (primary N) is 1. The molecule has 0 fully saturated rings. The van der Waals surface area contributed by atoms with Crippen LogP contribution in [0.1, 0.15) is 25.6 Å². The molecule has 2 N–H and O–H groups in total. The number of nitrogen functional groups attached to an aromatic ring is 1. The Morgan fingerprint density at radius 3 is 2.62 bits per heavy atom. The Morgan fingerprint density at radius 2 is 2.06 bits per heavy atom. The van der Waals surface area contributed by atoms with Gasteiger partial charge in [-0.25, -0.2) is 4.98 Å². The van der Waals surface area contributed by atoms with Gasteiger partial charge in [0, 0.05) is 24.2 Å². The second-order valence-electron chi connectivity index (χ2n) is 4.20. The average Bonchev–Trinajstić information content (AvgIpc) is 2.60. The number of rotatable bonds is 2. The first-order valence-electron chi connectivity index (χ1n) is 5.35. The topological polar surface area (TPSA) is 56.7 Å². The summed E-state index contributed by atoms with van der Waals surface area (Å²) in [5.41, 5.74) is 7.43. The van der Waals surface area contributed by atoms with Crippen molar-refractivity contribution in [3.63, 3.8) is 0 Å². The molecule has 0 spiro atoms. The summed E-state index contributed by atoms with van der Waals surface area (Å²) in [7, 11) is 1.91. The molecule has 16 heavy (non-hydrogen) atoms. The van der Waals surface area contributed by atoms with Crippen LogP contribution < -0.4 is 5.73 Å². The Labute approximate surface area is 95.1 Å². The average molecular weight is 216 g/mol. The molecule has 4 heteroatoms. The summed E-state index contributed by atoms with van der Waals surface area (Å²) in [6.07, 6.45) is 0. The lowest BCUT2D eigenvalue weighted by molar-refractivity contribution is 0.655. The van der Waals surface area contributed by atoms with Gasteiger partial charge in [0.15, 0.2) is 5.82 Å². The fourth-order valence-electron chi connectivity index (χ4n) is 1.70. The van der Waals surface area contributed by atoms with Crippen molar-refractivity contribution in [2.75, 3.05) is 5.73 Å². The van der Waals surface area contributed by atoms with E-state index in [-0.39, 0.29) is 0 Å². The van der Waals surface area contributed by atoms with E-state index in [0.29, 0.717) is 5.92 Å². The summed E-state index contributed by atoms with van der Waals surface area (Å²) in [6.45, 7) is 4.21. The van der Waals surface area contributed by atoms with E-state index in [4.69, 9.17) is 5.73 Å². The Balaban J connectivity index is 2.45. The van der Waals surface area contributed by atoms with Crippen LogP contribution in [0.15, 0.2) is 24.3 Å². The van der Waals surface area contributed by atoms with E-state index < -0.39 is 0 Å². The van der Waals surface area contributed by atoms with E-state index in [1.54, 1.807) is 0 Å². The highest BCUT2D eigenvalue weighted by Gasteiger charge is 2.11. The molecule has 2 aromatic rings. The van der Waals surface area contributed by atoms with Gasteiger partial charge in [0.25, 0.3) is 0 Å². The summed E-state index contributed by atoms with van der Waals surface area (Å²) in [5.74, 6) is 2.09. The van der Waals surface area contributed by atoms with Gasteiger partial charge in [0.05, 0.1) is 0 Å². The van der Waals surface area contributed by atoms with E-state index in [2.05, 4.69) is 23.9 Å². The summed E-state index contributed by atoms with van der Waals surface area (Å²) >= 11 is 0. The molecule has 1 heterocycles. The molecule has 0 aliphatic rings. The fraction of sp³-hybridized carbons (Fsp3) is 0.333. The highest BCUT2D eigenvalue weighted by Crippen LogP contribution is 2.20. The molecule has 0 radical (unpaired) electrons. The maximum atomic E-state index is 5.74. The van der Waals surface area contributed by atoms with Crippen molar-refractivity contribution < 1.29 is 0 Å². The second-order valence-corrected chi connectivity index (χ2v) is 4.20. The highest BCUT2D eigenvalue weighted by atomic mass is 15.3. The van der Waals surface area contributed by atoms with Gasteiger partial charge < -0.3 is 5.73 Å². The van der Waals surface area contributed by atoms with Crippen LogP contribution in [0.2, 0.25) is 0 Å². The predicted octanol–water partition coefficient (Wildman–Crippen LogP) is 2.19. The molecule has 0 atom stereocenters. The van der Waals surface area contributed by atoms with Crippen molar-refractivity contribution in [2.45, 2.75) is 19.8 Å². The zero-order chi connectivity index (χ0) is 11.7. The first kappa shape index (κ1) is 10.7. The van der Waals surface area contributed by atoms with Crippen LogP contribution in [0.4, 0.5) is 5.69 Å². The van der Waals surface area contributed by atoms with Crippen LogP contribution in [0.25, 0.3) is 11.4 Å². The first-order valence-corrected chi connectivity index (χ1v) is 5.35. The number of aryl methyl sites for hydroxylation is 1. The Kier molecular flexibility index (Phi) is 2.64. The normalized spacial score (nSPS) is 11.0. The molecular weight excluding hydrogens is 200 g/mol. The van der Waals surface area contributed by atoms with Crippen LogP contribution in [-0.2, 0) is 7.05 Å². The Bertz CT molecular complexity index is 499. The molecule has 84 valence electrons. The van der Waals surface area contributed by atoms with Gasteiger partial charge in [0.2, 0.25) is 0 Å². The molecule has 2 rings (SSSR count). The zero-order valence-corrected chi connectivity index (χ0v) is 9.81. The second kappa shape index (κ2) is 3.96. The molecule has 0 amide bonds. The highest BCUT2D eigenvalue weighted by molar-refractivity contribution is 5.60. The lowest BCUT2D eigenvalue weighted by atomic mass is 10.2. The summed E-state index contributed by atoms with van der Waals surface area (Å²) < 4.78 is 1.82. The third-order valence-electron chi connectivity index (χ3n) is 2.46. The van der Waals surface area contributed by atoms with Crippen LogP contribution in [-0.4, -0.2) is 14.8 Å². The lowest BCUT2D eigenvalue weighted by Crippen LogP contribution is -2.00. The number of anilines is 1. The minimum absolute atomic E-state index is 0.368. The number of aromatic nitrogens is 3. The monoisotopic (exact) mass is 216 g/mol. The maximum absolute atomic E-state index is 5.74. The van der Waals surface area contributed by atoms with Gasteiger partial charge in [0.1, 0.15) is 5.82 Å². The van der Waals surface area contributed by atoms with Crippen molar-refractivity contribution in [3.8, 4) is 11.4 Å². The van der Waals surface area contributed by atoms with Crippen molar-refractivity contribution in [2.24, 2.45) is 7.05 Å². The molecule has 0 unspecified atom stereocenters. The third-order valence-corrected chi connectivity index (χ3v) is 2.46. The summed E-state index contributed by atoms with van der Waals surface area (Å²) in [5, 5.41) is 4.39. The quantitative estimate of drug-likeness (QED) is 0.783. The van der Waals surface area contributed by atoms with Gasteiger partial charge in [-0.05, 0) is 12.1 Å². The van der Waals surface area contributed by atoms with Gasteiger partial charge in [-0.3, -0.25) is 4.68 Å². The van der Waals surface area contributed by atoms with Crippen LogP contribution in [0.3, 0.4) is 0 Å². The minimum Gasteiger partial charge on any atom is -0.399 e. The summed E-state index contributed by atoms with van der Waals surface area (Å²) in [6, 6.07) is 7.63. The third kappa shape index (κ3) is 1.91. The van der Waals surface area contributed by atoms with E-state index in [0.717, 1.165) is 22.9 Å². The molecule has 1 aromatic carbocycles.